The molecule has 0 amide bonds. The van der Waals surface area contributed by atoms with E-state index in [2.05, 4.69) is 10.1 Å². The first-order chi connectivity index (χ1) is 8.13. The van der Waals surface area contributed by atoms with E-state index in [1.165, 1.54) is 6.07 Å². The second kappa shape index (κ2) is 7.61. The SMILES string of the molecule is CSCCCNc1ccc(OC(F)F)c(Cl)c1. The molecule has 0 radical (unpaired) electrons. The van der Waals surface area contributed by atoms with Gasteiger partial charge in [0.2, 0.25) is 0 Å². The fourth-order valence-corrected chi connectivity index (χ4v) is 1.91. The third-order valence-electron chi connectivity index (χ3n) is 2.00. The van der Waals surface area contributed by atoms with Crippen molar-refractivity contribution >= 4 is 29.1 Å². The second-order valence-electron chi connectivity index (χ2n) is 3.30. The van der Waals surface area contributed by atoms with Crippen LogP contribution in [0.4, 0.5) is 14.5 Å². The minimum absolute atomic E-state index is 0.00340. The van der Waals surface area contributed by atoms with Crippen LogP contribution in [-0.2, 0) is 0 Å². The number of benzene rings is 1. The number of nitrogens with one attached hydrogen (secondary N) is 1. The number of rotatable bonds is 7. The molecule has 0 saturated carbocycles. The minimum Gasteiger partial charge on any atom is -0.433 e. The van der Waals surface area contributed by atoms with Gasteiger partial charge in [-0.1, -0.05) is 11.6 Å². The van der Waals surface area contributed by atoms with Crippen LogP contribution in [0.5, 0.6) is 5.75 Å². The molecule has 6 heteroatoms. The lowest BCUT2D eigenvalue weighted by atomic mass is 10.3. The lowest BCUT2D eigenvalue weighted by molar-refractivity contribution is -0.0497. The summed E-state index contributed by atoms with van der Waals surface area (Å²) in [6.07, 6.45) is 3.08. The molecule has 0 spiro atoms. The van der Waals surface area contributed by atoms with Gasteiger partial charge in [-0.2, -0.15) is 20.5 Å². The van der Waals surface area contributed by atoms with Gasteiger partial charge in [-0.05, 0) is 36.6 Å². The minimum atomic E-state index is -2.85. The van der Waals surface area contributed by atoms with Gasteiger partial charge in [-0.3, -0.25) is 0 Å². The quantitative estimate of drug-likeness (QED) is 0.760. The van der Waals surface area contributed by atoms with E-state index in [0.717, 1.165) is 24.4 Å². The van der Waals surface area contributed by atoms with Crippen LogP contribution < -0.4 is 10.1 Å². The summed E-state index contributed by atoms with van der Waals surface area (Å²) in [5.74, 6) is 1.07. The Morgan fingerprint density at radius 3 is 2.82 bits per heavy atom. The van der Waals surface area contributed by atoms with Crippen LogP contribution in [-0.4, -0.2) is 25.2 Å². The fourth-order valence-electron chi connectivity index (χ4n) is 1.25. The lowest BCUT2D eigenvalue weighted by Gasteiger charge is -2.10. The lowest BCUT2D eigenvalue weighted by Crippen LogP contribution is -2.04. The summed E-state index contributed by atoms with van der Waals surface area (Å²) in [5.41, 5.74) is 0.803. The monoisotopic (exact) mass is 281 g/mol. The number of anilines is 1. The maximum Gasteiger partial charge on any atom is 0.387 e. The highest BCUT2D eigenvalue weighted by molar-refractivity contribution is 7.98. The number of halogens is 3. The third-order valence-corrected chi connectivity index (χ3v) is 2.99. The standard InChI is InChI=1S/C11H14ClF2NOS/c1-17-6-2-5-15-8-3-4-10(9(12)7-8)16-11(13)14/h3-4,7,11,15H,2,5-6H2,1H3. The van der Waals surface area contributed by atoms with Crippen molar-refractivity contribution in [2.24, 2.45) is 0 Å². The molecular weight excluding hydrogens is 268 g/mol. The predicted molar refractivity (Wildman–Crippen MR) is 69.6 cm³/mol. The average molecular weight is 282 g/mol. The normalized spacial score (nSPS) is 10.6. The molecule has 1 N–H and O–H groups in total. The van der Waals surface area contributed by atoms with Crippen molar-refractivity contribution < 1.29 is 13.5 Å². The van der Waals surface area contributed by atoms with E-state index in [-0.39, 0.29) is 10.8 Å². The highest BCUT2D eigenvalue weighted by Crippen LogP contribution is 2.28. The topological polar surface area (TPSA) is 21.3 Å². The van der Waals surface area contributed by atoms with E-state index in [1.807, 2.05) is 6.26 Å². The number of hydrogen-bond acceptors (Lipinski definition) is 3. The van der Waals surface area contributed by atoms with Crippen molar-refractivity contribution in [2.45, 2.75) is 13.0 Å². The van der Waals surface area contributed by atoms with Crippen molar-refractivity contribution in [3.63, 3.8) is 0 Å². The van der Waals surface area contributed by atoms with E-state index in [0.29, 0.717) is 0 Å². The van der Waals surface area contributed by atoms with Crippen molar-refractivity contribution in [3.05, 3.63) is 23.2 Å². The first-order valence-corrected chi connectivity index (χ1v) is 6.88. The van der Waals surface area contributed by atoms with Gasteiger partial charge in [0.05, 0.1) is 5.02 Å². The number of ether oxygens (including phenoxy) is 1. The van der Waals surface area contributed by atoms with Crippen LogP contribution in [0.1, 0.15) is 6.42 Å². The van der Waals surface area contributed by atoms with Crippen molar-refractivity contribution in [3.8, 4) is 5.75 Å². The van der Waals surface area contributed by atoms with E-state index in [9.17, 15) is 8.78 Å². The van der Waals surface area contributed by atoms with Crippen molar-refractivity contribution in [2.75, 3.05) is 23.9 Å². The van der Waals surface area contributed by atoms with Gasteiger partial charge in [0, 0.05) is 12.2 Å². The molecule has 0 aliphatic carbocycles. The average Bonchev–Trinajstić information content (AvgIpc) is 2.27. The molecule has 96 valence electrons. The molecule has 1 rings (SSSR count). The van der Waals surface area contributed by atoms with E-state index >= 15 is 0 Å². The van der Waals surface area contributed by atoms with Crippen molar-refractivity contribution in [1.29, 1.82) is 0 Å². The van der Waals surface area contributed by atoms with E-state index in [1.54, 1.807) is 23.9 Å². The Hall–Kier alpha value is -0.680. The number of alkyl halides is 2. The van der Waals surface area contributed by atoms with Gasteiger partial charge in [-0.25, -0.2) is 0 Å². The van der Waals surface area contributed by atoms with Gasteiger partial charge in [0.15, 0.2) is 0 Å². The molecule has 0 unspecified atom stereocenters. The summed E-state index contributed by atoms with van der Waals surface area (Å²) in [6, 6.07) is 4.69. The zero-order valence-electron chi connectivity index (χ0n) is 9.38. The highest BCUT2D eigenvalue weighted by atomic mass is 35.5. The summed E-state index contributed by atoms with van der Waals surface area (Å²) in [4.78, 5) is 0. The molecule has 0 bridgehead atoms. The van der Waals surface area contributed by atoms with Crippen LogP contribution in [0.2, 0.25) is 5.02 Å². The smallest absolute Gasteiger partial charge is 0.387 e. The van der Waals surface area contributed by atoms with Crippen LogP contribution >= 0.6 is 23.4 Å². The first kappa shape index (κ1) is 14.4. The Kier molecular flexibility index (Phi) is 6.44. The maximum absolute atomic E-state index is 12.0. The van der Waals surface area contributed by atoms with Gasteiger partial charge in [0.1, 0.15) is 5.75 Å². The molecule has 17 heavy (non-hydrogen) atoms. The predicted octanol–water partition coefficient (Wildman–Crippen LogP) is 4.11. The summed E-state index contributed by atoms with van der Waals surface area (Å²) < 4.78 is 28.2. The van der Waals surface area contributed by atoms with Crippen molar-refractivity contribution in [1.82, 2.24) is 0 Å². The fraction of sp³-hybridized carbons (Fsp3) is 0.455. The molecule has 0 atom stereocenters. The van der Waals surface area contributed by atoms with Gasteiger partial charge in [-0.15, -0.1) is 0 Å². The molecule has 0 aliphatic heterocycles. The maximum atomic E-state index is 12.0. The molecule has 0 aromatic heterocycles. The molecule has 0 aliphatic rings. The summed E-state index contributed by atoms with van der Waals surface area (Å²) in [6.45, 7) is -2.03. The van der Waals surface area contributed by atoms with Gasteiger partial charge in [0.25, 0.3) is 0 Å². The third kappa shape index (κ3) is 5.46. The zero-order valence-corrected chi connectivity index (χ0v) is 11.0. The zero-order chi connectivity index (χ0) is 12.7. The number of thioether (sulfide) groups is 1. The van der Waals surface area contributed by atoms with Crippen LogP contribution in [0.3, 0.4) is 0 Å². The second-order valence-corrected chi connectivity index (χ2v) is 4.69. The molecule has 0 heterocycles. The summed E-state index contributed by atoms with van der Waals surface area (Å²) >= 11 is 7.59. The first-order valence-electron chi connectivity index (χ1n) is 5.10. The highest BCUT2D eigenvalue weighted by Gasteiger charge is 2.08. The van der Waals surface area contributed by atoms with Gasteiger partial charge >= 0.3 is 6.61 Å². The van der Waals surface area contributed by atoms with Gasteiger partial charge < -0.3 is 10.1 Å². The molecule has 1 aromatic rings. The summed E-state index contributed by atoms with van der Waals surface area (Å²) in [5, 5.41) is 3.34. The Bertz CT molecular complexity index is 352. The Morgan fingerprint density at radius 2 is 2.24 bits per heavy atom. The molecule has 2 nitrogen and oxygen atoms in total. The Morgan fingerprint density at radius 1 is 1.47 bits per heavy atom. The molecular formula is C11H14ClF2NOS. The summed E-state index contributed by atoms with van der Waals surface area (Å²) in [7, 11) is 0. The Balaban J connectivity index is 2.50. The van der Waals surface area contributed by atoms with Crippen LogP contribution in [0, 0.1) is 0 Å². The molecule has 0 saturated heterocycles. The molecule has 0 fully saturated rings. The van der Waals surface area contributed by atoms with E-state index in [4.69, 9.17) is 11.6 Å². The molecule has 1 aromatic carbocycles. The largest absolute Gasteiger partial charge is 0.433 e. The number of hydrogen-bond donors (Lipinski definition) is 1. The van der Waals surface area contributed by atoms with E-state index < -0.39 is 6.61 Å². The van der Waals surface area contributed by atoms with Crippen LogP contribution in [0.25, 0.3) is 0 Å². The van der Waals surface area contributed by atoms with Crippen LogP contribution in [0.15, 0.2) is 18.2 Å². The Labute approximate surface area is 109 Å².